The van der Waals surface area contributed by atoms with Gasteiger partial charge in [0.25, 0.3) is 0 Å². The summed E-state index contributed by atoms with van der Waals surface area (Å²) in [6.07, 6.45) is 4.70. The van der Waals surface area contributed by atoms with Gasteiger partial charge in [0.2, 0.25) is 5.91 Å². The Hall–Kier alpha value is -2.37. The Labute approximate surface area is 121 Å². The summed E-state index contributed by atoms with van der Waals surface area (Å²) in [4.78, 5) is 23.6. The van der Waals surface area contributed by atoms with Gasteiger partial charge in [-0.2, -0.15) is 5.10 Å². The van der Waals surface area contributed by atoms with Crippen LogP contribution in [0.1, 0.15) is 25.7 Å². The molecule has 6 heteroatoms. The lowest BCUT2D eigenvalue weighted by Crippen LogP contribution is -2.36. The molecule has 2 unspecified atom stereocenters. The van der Waals surface area contributed by atoms with Crippen LogP contribution in [0.3, 0.4) is 0 Å². The minimum absolute atomic E-state index is 0.207. The van der Waals surface area contributed by atoms with Gasteiger partial charge in [0.15, 0.2) is 0 Å². The first-order valence-electron chi connectivity index (χ1n) is 7.12. The Balaban J connectivity index is 1.76. The van der Waals surface area contributed by atoms with E-state index in [1.807, 2.05) is 6.07 Å². The van der Waals surface area contributed by atoms with Gasteiger partial charge in [0.05, 0.1) is 23.5 Å². The molecule has 1 heterocycles. The van der Waals surface area contributed by atoms with E-state index in [2.05, 4.69) is 15.5 Å². The number of hydrogen-bond acceptors (Lipinski definition) is 3. The van der Waals surface area contributed by atoms with Crippen LogP contribution in [0, 0.1) is 11.8 Å². The molecule has 3 N–H and O–H groups in total. The molecule has 2 atom stereocenters. The van der Waals surface area contributed by atoms with E-state index in [4.69, 9.17) is 0 Å². The Morgan fingerprint density at radius 1 is 1.24 bits per heavy atom. The Morgan fingerprint density at radius 3 is 2.76 bits per heavy atom. The summed E-state index contributed by atoms with van der Waals surface area (Å²) < 4.78 is 0. The summed E-state index contributed by atoms with van der Waals surface area (Å²) in [5.41, 5.74) is 1.50. The molecular formula is C15H17N3O3. The number of benzene rings is 1. The fourth-order valence-electron chi connectivity index (χ4n) is 2.99. The lowest BCUT2D eigenvalue weighted by atomic mass is 9.78. The number of rotatable bonds is 3. The smallest absolute Gasteiger partial charge is 0.307 e. The number of carboxylic acid groups (broad SMARTS) is 1. The van der Waals surface area contributed by atoms with Crippen LogP contribution in [0.2, 0.25) is 0 Å². The molecule has 3 rings (SSSR count). The topological polar surface area (TPSA) is 95.1 Å². The van der Waals surface area contributed by atoms with E-state index in [1.165, 1.54) is 0 Å². The first-order chi connectivity index (χ1) is 10.1. The number of hydrogen-bond donors (Lipinski definition) is 3. The highest BCUT2D eigenvalue weighted by Gasteiger charge is 2.35. The number of carboxylic acids is 1. The van der Waals surface area contributed by atoms with E-state index in [-0.39, 0.29) is 5.91 Å². The molecular weight excluding hydrogens is 270 g/mol. The van der Waals surface area contributed by atoms with Crippen LogP contribution < -0.4 is 5.32 Å². The lowest BCUT2D eigenvalue weighted by Gasteiger charge is -2.27. The van der Waals surface area contributed by atoms with Gasteiger partial charge in [0, 0.05) is 11.1 Å². The number of amides is 1. The van der Waals surface area contributed by atoms with Gasteiger partial charge in [-0.05, 0) is 31.0 Å². The van der Waals surface area contributed by atoms with Crippen molar-refractivity contribution in [1.29, 1.82) is 0 Å². The Kier molecular flexibility index (Phi) is 3.60. The number of carbonyl (C=O) groups is 2. The molecule has 110 valence electrons. The fourth-order valence-corrected chi connectivity index (χ4v) is 2.99. The van der Waals surface area contributed by atoms with Crippen molar-refractivity contribution in [3.8, 4) is 0 Å². The standard InChI is InChI=1S/C15H17N3O3/c19-14(11-3-1-2-4-12(11)15(20)21)17-10-6-5-9-8-16-18-13(9)7-10/h5-8,11-12H,1-4H2,(H,16,18)(H,17,19)(H,20,21). The summed E-state index contributed by atoms with van der Waals surface area (Å²) in [6, 6.07) is 5.47. The SMILES string of the molecule is O=C(O)C1CCCCC1C(=O)Nc1ccc2cn[nH]c2c1. The van der Waals surface area contributed by atoms with Crippen molar-refractivity contribution in [2.75, 3.05) is 5.32 Å². The van der Waals surface area contributed by atoms with Crippen molar-refractivity contribution >= 4 is 28.5 Å². The first-order valence-corrected chi connectivity index (χ1v) is 7.12. The Morgan fingerprint density at radius 2 is 2.00 bits per heavy atom. The van der Waals surface area contributed by atoms with Crippen LogP contribution in [0.25, 0.3) is 10.9 Å². The summed E-state index contributed by atoms with van der Waals surface area (Å²) in [7, 11) is 0. The van der Waals surface area contributed by atoms with Gasteiger partial charge < -0.3 is 10.4 Å². The molecule has 0 aliphatic heterocycles. The second kappa shape index (κ2) is 5.55. The number of aromatic amines is 1. The van der Waals surface area contributed by atoms with Crippen molar-refractivity contribution < 1.29 is 14.7 Å². The predicted molar refractivity (Wildman–Crippen MR) is 77.8 cm³/mol. The summed E-state index contributed by atoms with van der Waals surface area (Å²) in [5, 5.41) is 19.8. The molecule has 1 aromatic carbocycles. The predicted octanol–water partition coefficient (Wildman–Crippen LogP) is 2.39. The molecule has 1 aliphatic carbocycles. The molecule has 1 fully saturated rings. The van der Waals surface area contributed by atoms with Crippen LogP contribution in [0.15, 0.2) is 24.4 Å². The average Bonchev–Trinajstić information content (AvgIpc) is 2.94. The normalized spacial score (nSPS) is 22.1. The number of anilines is 1. The monoisotopic (exact) mass is 287 g/mol. The number of fused-ring (bicyclic) bond motifs is 1. The zero-order valence-corrected chi connectivity index (χ0v) is 11.5. The summed E-state index contributed by atoms with van der Waals surface area (Å²) in [6.45, 7) is 0. The minimum atomic E-state index is -0.876. The molecule has 21 heavy (non-hydrogen) atoms. The number of H-pyrrole nitrogens is 1. The van der Waals surface area contributed by atoms with E-state index >= 15 is 0 Å². The molecule has 0 bridgehead atoms. The van der Waals surface area contributed by atoms with Crippen LogP contribution >= 0.6 is 0 Å². The molecule has 1 aromatic heterocycles. The summed E-state index contributed by atoms with van der Waals surface area (Å²) in [5.74, 6) is -2.11. The Bertz CT molecular complexity index is 680. The number of aliphatic carboxylic acids is 1. The molecule has 0 radical (unpaired) electrons. The van der Waals surface area contributed by atoms with E-state index in [1.54, 1.807) is 18.3 Å². The average molecular weight is 287 g/mol. The third-order valence-electron chi connectivity index (χ3n) is 4.13. The van der Waals surface area contributed by atoms with Gasteiger partial charge in [-0.3, -0.25) is 14.7 Å². The van der Waals surface area contributed by atoms with E-state index in [0.717, 1.165) is 23.7 Å². The molecule has 1 saturated carbocycles. The second-order valence-corrected chi connectivity index (χ2v) is 5.50. The minimum Gasteiger partial charge on any atom is -0.481 e. The van der Waals surface area contributed by atoms with Gasteiger partial charge >= 0.3 is 5.97 Å². The highest BCUT2D eigenvalue weighted by molar-refractivity contribution is 5.96. The highest BCUT2D eigenvalue weighted by Crippen LogP contribution is 2.31. The maximum atomic E-state index is 12.4. The van der Waals surface area contributed by atoms with Gasteiger partial charge in [0.1, 0.15) is 0 Å². The van der Waals surface area contributed by atoms with E-state index in [0.29, 0.717) is 18.5 Å². The van der Waals surface area contributed by atoms with Crippen LogP contribution in [-0.2, 0) is 9.59 Å². The third kappa shape index (κ3) is 2.74. The zero-order chi connectivity index (χ0) is 14.8. The number of nitrogens with zero attached hydrogens (tertiary/aromatic N) is 1. The number of nitrogens with one attached hydrogen (secondary N) is 2. The van der Waals surface area contributed by atoms with Gasteiger partial charge in [-0.1, -0.05) is 12.8 Å². The molecule has 0 saturated heterocycles. The largest absolute Gasteiger partial charge is 0.481 e. The van der Waals surface area contributed by atoms with Crippen molar-refractivity contribution in [2.45, 2.75) is 25.7 Å². The van der Waals surface area contributed by atoms with Crippen LogP contribution in [0.5, 0.6) is 0 Å². The molecule has 6 nitrogen and oxygen atoms in total. The van der Waals surface area contributed by atoms with Crippen molar-refractivity contribution in [3.63, 3.8) is 0 Å². The van der Waals surface area contributed by atoms with Crippen LogP contribution in [0.4, 0.5) is 5.69 Å². The van der Waals surface area contributed by atoms with E-state index in [9.17, 15) is 14.7 Å². The van der Waals surface area contributed by atoms with E-state index < -0.39 is 17.8 Å². The first kappa shape index (κ1) is 13.6. The number of aromatic nitrogens is 2. The number of carbonyl (C=O) groups excluding carboxylic acids is 1. The van der Waals surface area contributed by atoms with Crippen molar-refractivity contribution in [2.24, 2.45) is 11.8 Å². The second-order valence-electron chi connectivity index (χ2n) is 5.50. The van der Waals surface area contributed by atoms with Crippen LogP contribution in [-0.4, -0.2) is 27.2 Å². The fraction of sp³-hybridized carbons (Fsp3) is 0.400. The highest BCUT2D eigenvalue weighted by atomic mass is 16.4. The quantitative estimate of drug-likeness (QED) is 0.807. The third-order valence-corrected chi connectivity index (χ3v) is 4.13. The zero-order valence-electron chi connectivity index (χ0n) is 11.5. The van der Waals surface area contributed by atoms with Crippen molar-refractivity contribution in [1.82, 2.24) is 10.2 Å². The molecule has 1 aliphatic rings. The molecule has 0 spiro atoms. The molecule has 2 aromatic rings. The lowest BCUT2D eigenvalue weighted by molar-refractivity contribution is -0.147. The van der Waals surface area contributed by atoms with Crippen molar-refractivity contribution in [3.05, 3.63) is 24.4 Å². The molecule has 1 amide bonds. The summed E-state index contributed by atoms with van der Waals surface area (Å²) >= 11 is 0. The van der Waals surface area contributed by atoms with Gasteiger partial charge in [-0.15, -0.1) is 0 Å². The maximum absolute atomic E-state index is 12.4. The maximum Gasteiger partial charge on any atom is 0.307 e. The van der Waals surface area contributed by atoms with Gasteiger partial charge in [-0.25, -0.2) is 0 Å².